The van der Waals surface area contributed by atoms with Crippen LogP contribution in [0, 0.1) is 5.41 Å². The van der Waals surface area contributed by atoms with Crippen molar-refractivity contribution in [2.75, 3.05) is 11.5 Å². The zero-order chi connectivity index (χ0) is 33.4. The minimum atomic E-state index is -1.14. The van der Waals surface area contributed by atoms with Crippen molar-refractivity contribution in [3.63, 3.8) is 0 Å². The van der Waals surface area contributed by atoms with Crippen LogP contribution in [0.1, 0.15) is 27.0 Å². The quantitative estimate of drug-likeness (QED) is 0.0947. The summed E-state index contributed by atoms with van der Waals surface area (Å²) in [7, 11) is 0. The third-order valence-electron chi connectivity index (χ3n) is 7.85. The average molecular weight is 641 g/mol. The number of ether oxygens (including phenoxy) is 1. The zero-order valence-corrected chi connectivity index (χ0v) is 25.3. The summed E-state index contributed by atoms with van der Waals surface area (Å²) in [6.07, 6.45) is 1.48. The SMILES string of the molecule is N=c1ccc2c(-c3ccc(CC(=O)NCc4ccc(COc5nc(N)nc6[nH]cnc56)cc4)cc3C(=O)O)c3ccc(N)cc3oc-2c1. The first-order valence-electron chi connectivity index (χ1n) is 14.8. The summed E-state index contributed by atoms with van der Waals surface area (Å²) in [5, 5.41) is 22.1. The van der Waals surface area contributed by atoms with Crippen LogP contribution in [0.3, 0.4) is 0 Å². The van der Waals surface area contributed by atoms with Gasteiger partial charge >= 0.3 is 5.97 Å². The highest BCUT2D eigenvalue weighted by Gasteiger charge is 2.22. The number of nitrogens with one attached hydrogen (secondary N) is 3. The van der Waals surface area contributed by atoms with Gasteiger partial charge in [-0.2, -0.15) is 9.97 Å². The summed E-state index contributed by atoms with van der Waals surface area (Å²) in [6.45, 7) is 0.516. The predicted molar refractivity (Wildman–Crippen MR) is 178 cm³/mol. The topological polar surface area (TPSA) is 219 Å². The molecule has 3 aromatic carbocycles. The van der Waals surface area contributed by atoms with Gasteiger partial charge in [0.25, 0.3) is 0 Å². The maximum absolute atomic E-state index is 12.9. The Kier molecular flexibility index (Phi) is 7.61. The van der Waals surface area contributed by atoms with Gasteiger partial charge in [-0.05, 0) is 52.6 Å². The van der Waals surface area contributed by atoms with Gasteiger partial charge in [0.2, 0.25) is 17.7 Å². The number of nitrogens with two attached hydrogens (primary N) is 2. The number of hydrogen-bond donors (Lipinski definition) is 6. The Balaban J connectivity index is 1.05. The molecule has 5 aromatic rings. The van der Waals surface area contributed by atoms with Gasteiger partial charge in [-0.15, -0.1) is 0 Å². The molecule has 0 fully saturated rings. The lowest BCUT2D eigenvalue weighted by molar-refractivity contribution is -0.120. The van der Waals surface area contributed by atoms with E-state index in [0.29, 0.717) is 55.8 Å². The minimum Gasteiger partial charge on any atom is -0.478 e. The molecule has 0 bridgehead atoms. The van der Waals surface area contributed by atoms with Gasteiger partial charge in [-0.25, -0.2) is 9.78 Å². The highest BCUT2D eigenvalue weighted by Crippen LogP contribution is 2.41. The van der Waals surface area contributed by atoms with Crippen molar-refractivity contribution in [2.24, 2.45) is 0 Å². The Labute approximate surface area is 272 Å². The van der Waals surface area contributed by atoms with Crippen LogP contribution in [0.5, 0.6) is 5.88 Å². The largest absolute Gasteiger partial charge is 0.478 e. The number of rotatable bonds is 9. The molecule has 3 heterocycles. The molecule has 0 unspecified atom stereocenters. The number of aromatic nitrogens is 4. The molecule has 7 rings (SSSR count). The number of carbonyl (C=O) groups excluding carboxylic acids is 1. The van der Waals surface area contributed by atoms with Crippen molar-refractivity contribution in [3.8, 4) is 28.3 Å². The molecule has 13 nitrogen and oxygen atoms in total. The second-order valence-corrected chi connectivity index (χ2v) is 11.2. The average Bonchev–Trinajstić information content (AvgIpc) is 3.54. The van der Waals surface area contributed by atoms with Crippen LogP contribution < -0.4 is 26.9 Å². The number of fused-ring (bicyclic) bond motifs is 3. The zero-order valence-electron chi connectivity index (χ0n) is 25.3. The van der Waals surface area contributed by atoms with E-state index in [0.717, 1.165) is 11.1 Å². The van der Waals surface area contributed by atoms with Crippen molar-refractivity contribution >= 4 is 45.6 Å². The minimum absolute atomic E-state index is 0.0133. The number of H-pyrrole nitrogens is 1. The van der Waals surface area contributed by atoms with Gasteiger partial charge in [0.05, 0.1) is 23.7 Å². The molecule has 1 aliphatic carbocycles. The number of aromatic carboxylic acids is 1. The first kappa shape index (κ1) is 29.9. The Bertz CT molecular complexity index is 2380. The van der Waals surface area contributed by atoms with Gasteiger partial charge in [-0.3, -0.25) is 4.79 Å². The molecule has 48 heavy (non-hydrogen) atoms. The van der Waals surface area contributed by atoms with Crippen molar-refractivity contribution in [3.05, 3.63) is 113 Å². The maximum atomic E-state index is 12.9. The summed E-state index contributed by atoms with van der Waals surface area (Å²) in [6, 6.07) is 22.6. The van der Waals surface area contributed by atoms with Crippen LogP contribution in [-0.2, 0) is 24.4 Å². The van der Waals surface area contributed by atoms with Crippen LogP contribution in [0.15, 0.2) is 89.6 Å². The van der Waals surface area contributed by atoms with E-state index in [1.54, 1.807) is 48.5 Å². The molecular formula is C35H28N8O5. The number of nitrogen functional groups attached to an aromatic ring is 2. The van der Waals surface area contributed by atoms with E-state index < -0.39 is 5.97 Å². The van der Waals surface area contributed by atoms with Gasteiger partial charge in [-0.1, -0.05) is 36.4 Å². The van der Waals surface area contributed by atoms with Gasteiger partial charge in [0.15, 0.2) is 11.2 Å². The fourth-order valence-corrected chi connectivity index (χ4v) is 5.57. The number of carbonyl (C=O) groups is 2. The highest BCUT2D eigenvalue weighted by atomic mass is 16.5. The van der Waals surface area contributed by atoms with E-state index in [-0.39, 0.29) is 48.2 Å². The number of anilines is 2. The van der Waals surface area contributed by atoms with E-state index in [9.17, 15) is 14.7 Å². The first-order valence-corrected chi connectivity index (χ1v) is 14.8. The van der Waals surface area contributed by atoms with Crippen LogP contribution in [0.4, 0.5) is 11.6 Å². The molecule has 0 atom stereocenters. The summed E-state index contributed by atoms with van der Waals surface area (Å²) in [5.41, 5.74) is 17.8. The lowest BCUT2D eigenvalue weighted by atomic mass is 9.89. The number of nitrogens with zero attached hydrogens (tertiary/aromatic N) is 3. The summed E-state index contributed by atoms with van der Waals surface area (Å²) < 4.78 is 11.9. The third-order valence-corrected chi connectivity index (χ3v) is 7.85. The lowest BCUT2D eigenvalue weighted by Crippen LogP contribution is -2.24. The molecule has 2 aliphatic rings. The van der Waals surface area contributed by atoms with Crippen molar-refractivity contribution in [2.45, 2.75) is 19.6 Å². The maximum Gasteiger partial charge on any atom is 0.336 e. The van der Waals surface area contributed by atoms with Crippen LogP contribution >= 0.6 is 0 Å². The summed E-state index contributed by atoms with van der Waals surface area (Å²) >= 11 is 0. The monoisotopic (exact) mass is 640 g/mol. The fraction of sp³-hybridized carbons (Fsp3) is 0.0857. The van der Waals surface area contributed by atoms with E-state index in [1.165, 1.54) is 12.4 Å². The Morgan fingerprint density at radius 2 is 1.69 bits per heavy atom. The highest BCUT2D eigenvalue weighted by molar-refractivity contribution is 6.08. The fourth-order valence-electron chi connectivity index (χ4n) is 5.57. The smallest absolute Gasteiger partial charge is 0.336 e. The molecule has 238 valence electrons. The molecule has 1 aliphatic heterocycles. The molecule has 13 heteroatoms. The summed E-state index contributed by atoms with van der Waals surface area (Å²) in [5.74, 6) is -0.607. The molecular weight excluding hydrogens is 612 g/mol. The number of benzene rings is 4. The van der Waals surface area contributed by atoms with E-state index in [2.05, 4.69) is 25.3 Å². The normalized spacial score (nSPS) is 11.2. The van der Waals surface area contributed by atoms with E-state index >= 15 is 0 Å². The van der Waals surface area contributed by atoms with E-state index in [1.807, 2.05) is 24.3 Å². The number of amides is 1. The van der Waals surface area contributed by atoms with Crippen molar-refractivity contribution in [1.82, 2.24) is 25.3 Å². The standard InChI is InChI=1S/C35H28N8O5/c36-21-6-9-24-27(13-21)48-28-14-22(37)7-10-25(28)30(24)23-8-5-20(11-26(23)34(45)46)12-29(44)39-15-18-1-3-19(4-2-18)16-47-33-31-32(41-17-40-31)42-35(38)43-33/h1-11,13-14,17,36H,12,15-16,37H2,(H,39,44)(H,45,46)(H3,38,40,41,42,43). The van der Waals surface area contributed by atoms with E-state index in [4.69, 9.17) is 26.0 Å². The van der Waals surface area contributed by atoms with Crippen LogP contribution in [0.25, 0.3) is 44.6 Å². The van der Waals surface area contributed by atoms with Crippen molar-refractivity contribution < 1.29 is 23.8 Å². The van der Waals surface area contributed by atoms with Gasteiger partial charge in [0.1, 0.15) is 18.0 Å². The number of carboxylic acid groups (broad SMARTS) is 1. The second-order valence-electron chi connectivity index (χ2n) is 11.2. The molecule has 0 saturated carbocycles. The Morgan fingerprint density at radius 1 is 0.917 bits per heavy atom. The molecule has 0 saturated heterocycles. The second kappa shape index (κ2) is 12.2. The third kappa shape index (κ3) is 5.95. The van der Waals surface area contributed by atoms with Crippen LogP contribution in [0.2, 0.25) is 0 Å². The van der Waals surface area contributed by atoms with Gasteiger partial charge in [0, 0.05) is 40.9 Å². The predicted octanol–water partition coefficient (Wildman–Crippen LogP) is 4.65. The Morgan fingerprint density at radius 3 is 2.50 bits per heavy atom. The Hall–Kier alpha value is -6.76. The molecule has 0 spiro atoms. The molecule has 2 aromatic heterocycles. The molecule has 8 N–H and O–H groups in total. The first-order chi connectivity index (χ1) is 23.2. The molecule has 1 amide bonds. The summed E-state index contributed by atoms with van der Waals surface area (Å²) in [4.78, 5) is 40.7. The number of hydrogen-bond acceptors (Lipinski definition) is 10. The number of carboxylic acids is 1. The lowest BCUT2D eigenvalue weighted by Gasteiger charge is -2.17. The number of aromatic amines is 1. The van der Waals surface area contributed by atoms with Crippen molar-refractivity contribution in [1.29, 1.82) is 5.41 Å². The van der Waals surface area contributed by atoms with Gasteiger partial charge < -0.3 is 41.4 Å². The van der Waals surface area contributed by atoms with Crippen LogP contribution in [-0.4, -0.2) is 36.9 Å². The number of imidazole rings is 1. The molecule has 0 radical (unpaired) electrons.